The molecule has 0 saturated heterocycles. The molecule has 7 heteroatoms. The van der Waals surface area contributed by atoms with Crippen LogP contribution in [0.1, 0.15) is 11.1 Å². The van der Waals surface area contributed by atoms with Crippen LogP contribution in [-0.4, -0.2) is 28.2 Å². The molecule has 0 saturated carbocycles. The molecule has 3 aromatic rings. The second kappa shape index (κ2) is 6.87. The van der Waals surface area contributed by atoms with Crippen molar-refractivity contribution in [3.63, 3.8) is 0 Å². The molecule has 1 aromatic heterocycles. The third kappa shape index (κ3) is 3.23. The molecule has 0 spiro atoms. The maximum Gasteiger partial charge on any atom is 0.321 e. The fourth-order valence-corrected chi connectivity index (χ4v) is 2.87. The van der Waals surface area contributed by atoms with Gasteiger partial charge in [0.05, 0.1) is 0 Å². The van der Waals surface area contributed by atoms with Crippen molar-refractivity contribution in [2.45, 2.75) is 13.5 Å². The Bertz CT molecular complexity index is 946. The van der Waals surface area contributed by atoms with Gasteiger partial charge in [-0.25, -0.2) is 4.98 Å². The number of aromatic nitrogens is 3. The first kappa shape index (κ1) is 16.1. The Hall–Kier alpha value is -3.35. The summed E-state index contributed by atoms with van der Waals surface area (Å²) in [6.07, 6.45) is 1.33. The molecule has 2 N–H and O–H groups in total. The lowest BCUT2D eigenvalue weighted by Gasteiger charge is -2.19. The third-order valence-electron chi connectivity index (χ3n) is 4.22. The zero-order valence-corrected chi connectivity index (χ0v) is 14.3. The van der Waals surface area contributed by atoms with E-state index in [1.54, 1.807) is 0 Å². The average Bonchev–Trinajstić information content (AvgIpc) is 2.67. The number of nitrogens with zero attached hydrogens (tertiary/aromatic N) is 3. The molecule has 0 fully saturated rings. The quantitative estimate of drug-likeness (QED) is 0.773. The van der Waals surface area contributed by atoms with E-state index in [0.717, 1.165) is 33.8 Å². The molecule has 0 radical (unpaired) electrons. The molecule has 0 amide bonds. The molecule has 1 aliphatic rings. The summed E-state index contributed by atoms with van der Waals surface area (Å²) in [4.78, 5) is 11.7. The molecule has 7 nitrogen and oxygen atoms in total. The Morgan fingerprint density at radius 2 is 1.92 bits per heavy atom. The lowest BCUT2D eigenvalue weighted by Crippen LogP contribution is -2.15. The SMILES string of the molecule is Cc1c(COc2ncnc(N)n2)cccc1-c1ccc2c(c1)OCCO2. The van der Waals surface area contributed by atoms with Crippen LogP contribution in [0.5, 0.6) is 17.5 Å². The van der Waals surface area contributed by atoms with E-state index in [1.165, 1.54) is 6.33 Å². The summed E-state index contributed by atoms with van der Waals surface area (Å²) in [5.41, 5.74) is 9.88. The molecular weight excluding hydrogens is 332 g/mol. The minimum absolute atomic E-state index is 0.136. The topological polar surface area (TPSA) is 92.4 Å². The number of fused-ring (bicyclic) bond motifs is 1. The van der Waals surface area contributed by atoms with E-state index in [2.05, 4.69) is 27.9 Å². The highest BCUT2D eigenvalue weighted by Gasteiger charge is 2.14. The molecular formula is C19H18N4O3. The standard InChI is InChI=1S/C19H18N4O3/c1-12-14(10-26-19-22-11-21-18(20)23-19)3-2-4-15(12)13-5-6-16-17(9-13)25-8-7-24-16/h2-6,9,11H,7-8,10H2,1H3,(H2,20,21,22,23). The second-order valence-corrected chi connectivity index (χ2v) is 5.86. The average molecular weight is 350 g/mol. The zero-order valence-electron chi connectivity index (χ0n) is 14.3. The fourth-order valence-electron chi connectivity index (χ4n) is 2.87. The summed E-state index contributed by atoms with van der Waals surface area (Å²) in [5.74, 6) is 1.69. The van der Waals surface area contributed by atoms with Gasteiger partial charge in [-0.3, -0.25) is 0 Å². The maximum absolute atomic E-state index is 5.69. The van der Waals surface area contributed by atoms with E-state index in [4.69, 9.17) is 19.9 Å². The van der Waals surface area contributed by atoms with Crippen LogP contribution in [0.3, 0.4) is 0 Å². The summed E-state index contributed by atoms with van der Waals surface area (Å²) in [6.45, 7) is 3.55. The molecule has 26 heavy (non-hydrogen) atoms. The Morgan fingerprint density at radius 3 is 2.77 bits per heavy atom. The van der Waals surface area contributed by atoms with Crippen LogP contribution in [0.25, 0.3) is 11.1 Å². The van der Waals surface area contributed by atoms with E-state index in [9.17, 15) is 0 Å². The van der Waals surface area contributed by atoms with Crippen molar-refractivity contribution < 1.29 is 14.2 Å². The van der Waals surface area contributed by atoms with Crippen molar-refractivity contribution in [1.29, 1.82) is 0 Å². The predicted octanol–water partition coefficient (Wildman–Crippen LogP) is 2.78. The highest BCUT2D eigenvalue weighted by molar-refractivity contribution is 5.71. The van der Waals surface area contributed by atoms with Crippen LogP contribution >= 0.6 is 0 Å². The minimum atomic E-state index is 0.136. The summed E-state index contributed by atoms with van der Waals surface area (Å²) < 4.78 is 16.9. The van der Waals surface area contributed by atoms with Gasteiger partial charge in [-0.05, 0) is 41.3 Å². The van der Waals surface area contributed by atoms with E-state index >= 15 is 0 Å². The van der Waals surface area contributed by atoms with Gasteiger partial charge in [0, 0.05) is 0 Å². The van der Waals surface area contributed by atoms with Crippen LogP contribution in [0.4, 0.5) is 5.95 Å². The summed E-state index contributed by atoms with van der Waals surface area (Å²) in [7, 11) is 0. The second-order valence-electron chi connectivity index (χ2n) is 5.86. The van der Waals surface area contributed by atoms with Crippen LogP contribution in [0, 0.1) is 6.92 Å². The van der Waals surface area contributed by atoms with Gasteiger partial charge in [0.2, 0.25) is 5.95 Å². The lowest BCUT2D eigenvalue weighted by atomic mass is 9.96. The van der Waals surface area contributed by atoms with E-state index in [1.807, 2.05) is 30.3 Å². The number of ether oxygens (including phenoxy) is 3. The van der Waals surface area contributed by atoms with Gasteiger partial charge in [-0.15, -0.1) is 0 Å². The van der Waals surface area contributed by atoms with Gasteiger partial charge in [-0.1, -0.05) is 24.3 Å². The number of nitrogens with two attached hydrogens (primary N) is 1. The van der Waals surface area contributed by atoms with E-state index in [-0.39, 0.29) is 12.0 Å². The Labute approximate surface area is 150 Å². The molecule has 0 atom stereocenters. The fraction of sp³-hybridized carbons (Fsp3) is 0.211. The van der Waals surface area contributed by atoms with E-state index < -0.39 is 0 Å². The van der Waals surface area contributed by atoms with Crippen molar-refractivity contribution in [2.24, 2.45) is 0 Å². The van der Waals surface area contributed by atoms with Gasteiger partial charge in [0.1, 0.15) is 26.1 Å². The number of rotatable bonds is 4. The largest absolute Gasteiger partial charge is 0.486 e. The molecule has 1 aliphatic heterocycles. The predicted molar refractivity (Wildman–Crippen MR) is 96.2 cm³/mol. The summed E-state index contributed by atoms with van der Waals surface area (Å²) in [5, 5.41) is 0. The smallest absolute Gasteiger partial charge is 0.321 e. The Balaban J connectivity index is 1.59. The first-order valence-electron chi connectivity index (χ1n) is 8.26. The van der Waals surface area contributed by atoms with Gasteiger partial charge >= 0.3 is 6.01 Å². The Kier molecular flexibility index (Phi) is 4.27. The van der Waals surface area contributed by atoms with Crippen LogP contribution in [0.2, 0.25) is 0 Å². The lowest BCUT2D eigenvalue weighted by molar-refractivity contribution is 0.171. The number of anilines is 1. The van der Waals surface area contributed by atoms with Crippen molar-refractivity contribution >= 4 is 5.95 Å². The third-order valence-corrected chi connectivity index (χ3v) is 4.22. The Morgan fingerprint density at radius 1 is 1.08 bits per heavy atom. The summed E-state index contributed by atoms with van der Waals surface area (Å²) in [6, 6.07) is 12.3. The molecule has 4 rings (SSSR count). The molecule has 2 heterocycles. The van der Waals surface area contributed by atoms with Gasteiger partial charge < -0.3 is 19.9 Å². The number of nitrogen functional groups attached to an aromatic ring is 1. The molecule has 0 unspecified atom stereocenters. The first-order chi connectivity index (χ1) is 12.7. The van der Waals surface area contributed by atoms with Crippen molar-refractivity contribution in [1.82, 2.24) is 15.0 Å². The monoisotopic (exact) mass is 350 g/mol. The number of hydrogen-bond acceptors (Lipinski definition) is 7. The van der Waals surface area contributed by atoms with Crippen LogP contribution in [-0.2, 0) is 6.61 Å². The first-order valence-corrected chi connectivity index (χ1v) is 8.26. The van der Waals surface area contributed by atoms with Crippen molar-refractivity contribution in [2.75, 3.05) is 18.9 Å². The highest BCUT2D eigenvalue weighted by atomic mass is 16.6. The minimum Gasteiger partial charge on any atom is -0.486 e. The summed E-state index contributed by atoms with van der Waals surface area (Å²) >= 11 is 0. The maximum atomic E-state index is 5.69. The number of hydrogen-bond donors (Lipinski definition) is 1. The molecule has 0 aliphatic carbocycles. The molecule has 0 bridgehead atoms. The van der Waals surface area contributed by atoms with Gasteiger partial charge in [0.25, 0.3) is 0 Å². The van der Waals surface area contributed by atoms with Crippen LogP contribution < -0.4 is 19.9 Å². The van der Waals surface area contributed by atoms with Gasteiger partial charge in [0.15, 0.2) is 11.5 Å². The van der Waals surface area contributed by atoms with Crippen LogP contribution in [0.15, 0.2) is 42.7 Å². The normalized spacial score (nSPS) is 12.7. The zero-order chi connectivity index (χ0) is 17.9. The molecule has 2 aromatic carbocycles. The van der Waals surface area contributed by atoms with Crippen molar-refractivity contribution in [3.8, 4) is 28.6 Å². The number of benzene rings is 2. The molecule has 132 valence electrons. The van der Waals surface area contributed by atoms with Gasteiger partial charge in [-0.2, -0.15) is 9.97 Å². The highest BCUT2D eigenvalue weighted by Crippen LogP contribution is 2.36. The van der Waals surface area contributed by atoms with Crippen molar-refractivity contribution in [3.05, 3.63) is 53.9 Å². The van der Waals surface area contributed by atoms with E-state index in [0.29, 0.717) is 19.8 Å².